The van der Waals surface area contributed by atoms with Gasteiger partial charge in [0.05, 0.1) is 11.9 Å². The molecule has 5 heteroatoms. The topological polar surface area (TPSA) is 51.9 Å². The fraction of sp³-hybridized carbons (Fsp3) is 0.130. The van der Waals surface area contributed by atoms with Gasteiger partial charge in [-0.2, -0.15) is 0 Å². The first-order chi connectivity index (χ1) is 13.8. The lowest BCUT2D eigenvalue weighted by molar-refractivity contribution is 0.102. The van der Waals surface area contributed by atoms with Crippen LogP contribution in [-0.4, -0.2) is 20.0 Å². The van der Waals surface area contributed by atoms with E-state index in [1.807, 2.05) is 77.8 Å². The second-order valence-corrected chi connectivity index (χ2v) is 6.99. The predicted octanol–water partition coefficient (Wildman–Crippen LogP) is 4.54. The lowest BCUT2D eigenvalue weighted by Gasteiger charge is -2.10. The summed E-state index contributed by atoms with van der Waals surface area (Å²) in [5.41, 5.74) is 4.62. The highest BCUT2D eigenvalue weighted by molar-refractivity contribution is 6.04. The number of imidazole rings is 1. The number of benzene rings is 2. The molecule has 3 heterocycles. The van der Waals surface area contributed by atoms with Crippen molar-refractivity contribution in [1.82, 2.24) is 14.1 Å². The Hall–Kier alpha value is -3.60. The van der Waals surface area contributed by atoms with Crippen LogP contribution in [0.1, 0.15) is 22.6 Å². The molecule has 0 saturated carbocycles. The maximum atomic E-state index is 12.7. The Labute approximate surface area is 163 Å². The third kappa shape index (κ3) is 3.01. The van der Waals surface area contributed by atoms with Crippen molar-refractivity contribution in [1.29, 1.82) is 0 Å². The molecule has 0 radical (unpaired) electrons. The number of aromatic nitrogens is 3. The van der Waals surface area contributed by atoms with E-state index in [1.165, 1.54) is 0 Å². The Bertz CT molecular complexity index is 1120. The largest absolute Gasteiger partial charge is 0.328 e. The van der Waals surface area contributed by atoms with Gasteiger partial charge in [-0.1, -0.05) is 12.1 Å². The second-order valence-electron chi connectivity index (χ2n) is 6.99. The summed E-state index contributed by atoms with van der Waals surface area (Å²) >= 11 is 0. The molecule has 0 saturated heterocycles. The summed E-state index contributed by atoms with van der Waals surface area (Å²) in [6.45, 7) is 1.01. The number of anilines is 1. The molecule has 1 aliphatic rings. The van der Waals surface area contributed by atoms with Crippen LogP contribution in [0.2, 0.25) is 0 Å². The summed E-state index contributed by atoms with van der Waals surface area (Å²) < 4.78 is 4.27. The van der Waals surface area contributed by atoms with E-state index in [9.17, 15) is 4.79 Å². The molecule has 2 aromatic heterocycles. The molecule has 138 valence electrons. The predicted molar refractivity (Wildman–Crippen MR) is 110 cm³/mol. The highest BCUT2D eigenvalue weighted by atomic mass is 16.1. The lowest BCUT2D eigenvalue weighted by atomic mass is 10.1. The third-order valence-electron chi connectivity index (χ3n) is 5.17. The van der Waals surface area contributed by atoms with Crippen molar-refractivity contribution in [2.24, 2.45) is 0 Å². The number of nitrogens with one attached hydrogen (secondary N) is 1. The maximum absolute atomic E-state index is 12.7. The molecule has 0 spiro atoms. The molecule has 2 aromatic carbocycles. The van der Waals surface area contributed by atoms with E-state index in [4.69, 9.17) is 0 Å². The molecule has 0 aliphatic carbocycles. The monoisotopic (exact) mass is 368 g/mol. The maximum Gasteiger partial charge on any atom is 0.255 e. The molecule has 4 aromatic rings. The van der Waals surface area contributed by atoms with E-state index in [0.717, 1.165) is 47.8 Å². The van der Waals surface area contributed by atoms with Crippen molar-refractivity contribution >= 4 is 11.6 Å². The van der Waals surface area contributed by atoms with Gasteiger partial charge in [-0.05, 0) is 55.0 Å². The van der Waals surface area contributed by atoms with E-state index in [1.54, 1.807) is 0 Å². The average molecular weight is 368 g/mol. The number of carbonyl (C=O) groups excluding carboxylic acids is 1. The molecule has 1 N–H and O–H groups in total. The number of carbonyl (C=O) groups is 1. The van der Waals surface area contributed by atoms with Crippen molar-refractivity contribution in [3.63, 3.8) is 0 Å². The normalized spacial score (nSPS) is 12.7. The highest BCUT2D eigenvalue weighted by Crippen LogP contribution is 2.27. The number of hydrogen-bond acceptors (Lipinski definition) is 2. The van der Waals surface area contributed by atoms with E-state index in [-0.39, 0.29) is 5.91 Å². The van der Waals surface area contributed by atoms with Crippen molar-refractivity contribution in [3.8, 4) is 16.9 Å². The molecule has 0 atom stereocenters. The Kier molecular flexibility index (Phi) is 4.05. The molecule has 5 rings (SSSR count). The van der Waals surface area contributed by atoms with Crippen LogP contribution in [0.4, 0.5) is 5.69 Å². The quantitative estimate of drug-likeness (QED) is 0.575. The smallest absolute Gasteiger partial charge is 0.255 e. The average Bonchev–Trinajstić information content (AvgIpc) is 3.46. The molecule has 0 bridgehead atoms. The van der Waals surface area contributed by atoms with Gasteiger partial charge >= 0.3 is 0 Å². The van der Waals surface area contributed by atoms with Crippen LogP contribution < -0.4 is 5.32 Å². The van der Waals surface area contributed by atoms with Gasteiger partial charge in [-0.25, -0.2) is 4.98 Å². The van der Waals surface area contributed by atoms with Gasteiger partial charge < -0.3 is 14.5 Å². The highest BCUT2D eigenvalue weighted by Gasteiger charge is 2.17. The van der Waals surface area contributed by atoms with E-state index in [0.29, 0.717) is 5.56 Å². The third-order valence-corrected chi connectivity index (χ3v) is 5.17. The molecule has 1 amide bonds. The minimum absolute atomic E-state index is 0.116. The van der Waals surface area contributed by atoms with Crippen LogP contribution in [0, 0.1) is 0 Å². The Morgan fingerprint density at radius 2 is 1.82 bits per heavy atom. The summed E-state index contributed by atoms with van der Waals surface area (Å²) in [7, 11) is 0. The standard InChI is InChI=1S/C23H20N4O/c28-23(17-8-10-20(11-9-17)26-12-1-2-13-26)25-19-6-3-5-18(15-19)21-16-24-22-7-4-14-27(21)22/h1-3,5-6,8-13,15-16H,4,7,14H2,(H,25,28). The van der Waals surface area contributed by atoms with Gasteiger partial charge in [0.15, 0.2) is 0 Å². The molecular formula is C23H20N4O. The van der Waals surface area contributed by atoms with Crippen LogP contribution in [-0.2, 0) is 13.0 Å². The first-order valence-corrected chi connectivity index (χ1v) is 9.47. The van der Waals surface area contributed by atoms with Crippen molar-refractivity contribution in [2.45, 2.75) is 19.4 Å². The van der Waals surface area contributed by atoms with Crippen LogP contribution in [0.3, 0.4) is 0 Å². The van der Waals surface area contributed by atoms with Crippen molar-refractivity contribution in [3.05, 3.63) is 90.6 Å². The first kappa shape index (κ1) is 16.6. The van der Waals surface area contributed by atoms with Crippen LogP contribution >= 0.6 is 0 Å². The Balaban J connectivity index is 1.35. The SMILES string of the molecule is O=C(Nc1cccc(-c2cnc3n2CCC3)c1)c1ccc(-n2cccc2)cc1. The lowest BCUT2D eigenvalue weighted by Crippen LogP contribution is -2.12. The summed E-state index contributed by atoms with van der Waals surface area (Å²) in [5, 5.41) is 3.01. The zero-order valence-corrected chi connectivity index (χ0v) is 15.4. The minimum Gasteiger partial charge on any atom is -0.328 e. The fourth-order valence-electron chi connectivity index (χ4n) is 3.74. The van der Waals surface area contributed by atoms with E-state index < -0.39 is 0 Å². The summed E-state index contributed by atoms with van der Waals surface area (Å²) in [4.78, 5) is 17.2. The van der Waals surface area contributed by atoms with Gasteiger partial charge in [0.1, 0.15) is 5.82 Å². The number of rotatable bonds is 4. The van der Waals surface area contributed by atoms with Crippen LogP contribution in [0.5, 0.6) is 0 Å². The number of hydrogen-bond donors (Lipinski definition) is 1. The zero-order chi connectivity index (χ0) is 18.9. The zero-order valence-electron chi connectivity index (χ0n) is 15.4. The second kappa shape index (κ2) is 6.85. The van der Waals surface area contributed by atoms with Crippen molar-refractivity contribution < 1.29 is 4.79 Å². The summed E-state index contributed by atoms with van der Waals surface area (Å²) in [6, 6.07) is 19.5. The molecule has 5 nitrogen and oxygen atoms in total. The van der Waals surface area contributed by atoms with Gasteiger partial charge in [-0.3, -0.25) is 4.79 Å². The number of fused-ring (bicyclic) bond motifs is 1. The number of amides is 1. The molecule has 0 unspecified atom stereocenters. The number of nitrogens with zero attached hydrogens (tertiary/aromatic N) is 3. The van der Waals surface area contributed by atoms with Gasteiger partial charge in [-0.15, -0.1) is 0 Å². The Morgan fingerprint density at radius 3 is 2.64 bits per heavy atom. The summed E-state index contributed by atoms with van der Waals surface area (Å²) in [5.74, 6) is 1.03. The van der Waals surface area contributed by atoms with Crippen LogP contribution in [0.25, 0.3) is 16.9 Å². The van der Waals surface area contributed by atoms with Gasteiger partial charge in [0.25, 0.3) is 5.91 Å². The molecule has 1 aliphatic heterocycles. The molecule has 0 fully saturated rings. The van der Waals surface area contributed by atoms with Crippen LogP contribution in [0.15, 0.2) is 79.3 Å². The van der Waals surface area contributed by atoms with E-state index >= 15 is 0 Å². The number of aryl methyl sites for hydroxylation is 1. The summed E-state index contributed by atoms with van der Waals surface area (Å²) in [6.07, 6.45) is 8.07. The first-order valence-electron chi connectivity index (χ1n) is 9.47. The minimum atomic E-state index is -0.116. The van der Waals surface area contributed by atoms with Gasteiger partial charge in [0, 0.05) is 47.9 Å². The fourth-order valence-corrected chi connectivity index (χ4v) is 3.74. The molecule has 28 heavy (non-hydrogen) atoms. The molecular weight excluding hydrogens is 348 g/mol. The van der Waals surface area contributed by atoms with Crippen molar-refractivity contribution in [2.75, 3.05) is 5.32 Å². The van der Waals surface area contributed by atoms with Gasteiger partial charge in [0.2, 0.25) is 0 Å². The Morgan fingerprint density at radius 1 is 1.00 bits per heavy atom. The van der Waals surface area contributed by atoms with E-state index in [2.05, 4.69) is 20.9 Å².